The van der Waals surface area contributed by atoms with Crippen LogP contribution >= 0.6 is 15.9 Å². The molecule has 92 valence electrons. The number of hydrogen-bond acceptors (Lipinski definition) is 2. The molecule has 1 aliphatic rings. The molecule has 0 saturated carbocycles. The molecule has 0 radical (unpaired) electrons. The third kappa shape index (κ3) is 2.22. The second-order valence-electron chi connectivity index (χ2n) is 4.57. The van der Waals surface area contributed by atoms with Gasteiger partial charge in [-0.05, 0) is 35.3 Å². The Hall–Kier alpha value is -1.30. The quantitative estimate of drug-likeness (QED) is 0.873. The Bertz CT molecular complexity index is 471. The number of likely N-dealkylation sites (tertiary alicyclic amines) is 1. The number of nitrogens with zero attached hydrogens (tertiary/aromatic N) is 1. The fraction of sp³-hybridized carbons (Fsp3) is 0.455. The van der Waals surface area contributed by atoms with E-state index < -0.39 is 11.4 Å². The zero-order chi connectivity index (χ0) is 12.6. The summed E-state index contributed by atoms with van der Waals surface area (Å²) in [6.07, 6.45) is 2.18. The van der Waals surface area contributed by atoms with E-state index in [0.29, 0.717) is 18.7 Å². The van der Waals surface area contributed by atoms with Gasteiger partial charge in [0.2, 0.25) is 0 Å². The summed E-state index contributed by atoms with van der Waals surface area (Å²) in [5, 5.41) is 9.09. The van der Waals surface area contributed by atoms with E-state index in [1.807, 2.05) is 0 Å². The van der Waals surface area contributed by atoms with E-state index in [0.717, 1.165) is 4.47 Å². The Labute approximate surface area is 107 Å². The molecule has 6 heteroatoms. The van der Waals surface area contributed by atoms with E-state index in [2.05, 4.69) is 20.9 Å². The molecule has 1 aromatic heterocycles. The summed E-state index contributed by atoms with van der Waals surface area (Å²) in [6.45, 7) is 2.42. The summed E-state index contributed by atoms with van der Waals surface area (Å²) < 4.78 is 0.807. The number of aromatic nitrogens is 1. The minimum atomic E-state index is -0.847. The Balaban J connectivity index is 2.11. The van der Waals surface area contributed by atoms with Gasteiger partial charge in [0.25, 0.3) is 5.91 Å². The summed E-state index contributed by atoms with van der Waals surface area (Å²) in [5.74, 6) is -0.999. The topological polar surface area (TPSA) is 73.4 Å². The van der Waals surface area contributed by atoms with Crippen LogP contribution in [0.5, 0.6) is 0 Å². The van der Waals surface area contributed by atoms with Gasteiger partial charge in [0.15, 0.2) is 0 Å². The van der Waals surface area contributed by atoms with Crippen molar-refractivity contribution in [3.8, 4) is 0 Å². The molecule has 5 nitrogen and oxygen atoms in total. The molecular weight excluding hydrogens is 288 g/mol. The maximum Gasteiger partial charge on any atom is 0.311 e. The average Bonchev–Trinajstić information content (AvgIpc) is 2.85. The van der Waals surface area contributed by atoms with E-state index in [-0.39, 0.29) is 12.5 Å². The largest absolute Gasteiger partial charge is 0.481 e. The molecule has 0 bridgehead atoms. The van der Waals surface area contributed by atoms with Crippen LogP contribution < -0.4 is 0 Å². The monoisotopic (exact) mass is 300 g/mol. The van der Waals surface area contributed by atoms with Crippen molar-refractivity contribution in [3.05, 3.63) is 22.4 Å². The van der Waals surface area contributed by atoms with Crippen LogP contribution in [0.4, 0.5) is 0 Å². The zero-order valence-electron chi connectivity index (χ0n) is 9.36. The van der Waals surface area contributed by atoms with Crippen molar-refractivity contribution in [3.63, 3.8) is 0 Å². The number of carbonyl (C=O) groups is 2. The summed E-state index contributed by atoms with van der Waals surface area (Å²) in [4.78, 5) is 27.6. The van der Waals surface area contributed by atoms with E-state index in [1.165, 1.54) is 0 Å². The van der Waals surface area contributed by atoms with E-state index >= 15 is 0 Å². The third-order valence-corrected chi connectivity index (χ3v) is 3.61. The number of carboxylic acid groups (broad SMARTS) is 1. The number of rotatable bonds is 2. The molecule has 0 spiro atoms. The number of carboxylic acids is 1. The summed E-state index contributed by atoms with van der Waals surface area (Å²) in [5.41, 5.74) is -0.342. The highest BCUT2D eigenvalue weighted by molar-refractivity contribution is 9.10. The van der Waals surface area contributed by atoms with Gasteiger partial charge >= 0.3 is 5.97 Å². The number of halogens is 1. The van der Waals surface area contributed by atoms with Crippen molar-refractivity contribution >= 4 is 27.8 Å². The molecule has 2 N–H and O–H groups in total. The fourth-order valence-electron chi connectivity index (χ4n) is 1.97. The van der Waals surface area contributed by atoms with Crippen LogP contribution in [-0.4, -0.2) is 40.0 Å². The number of amides is 1. The zero-order valence-corrected chi connectivity index (χ0v) is 11.0. The van der Waals surface area contributed by atoms with Gasteiger partial charge < -0.3 is 15.0 Å². The lowest BCUT2D eigenvalue weighted by atomic mass is 9.90. The number of hydrogen-bond donors (Lipinski definition) is 2. The van der Waals surface area contributed by atoms with Gasteiger partial charge in [-0.25, -0.2) is 0 Å². The fourth-order valence-corrected chi connectivity index (χ4v) is 2.31. The number of H-pyrrole nitrogens is 1. The Morgan fingerprint density at radius 2 is 2.29 bits per heavy atom. The first-order chi connectivity index (χ1) is 7.92. The van der Waals surface area contributed by atoms with Crippen molar-refractivity contribution in [2.75, 3.05) is 13.1 Å². The Morgan fingerprint density at radius 1 is 1.59 bits per heavy atom. The average molecular weight is 301 g/mol. The number of carbonyl (C=O) groups excluding carboxylic acids is 1. The van der Waals surface area contributed by atoms with Gasteiger partial charge in [-0.3, -0.25) is 9.59 Å². The first-order valence-electron chi connectivity index (χ1n) is 5.29. The van der Waals surface area contributed by atoms with Gasteiger partial charge in [-0.2, -0.15) is 0 Å². The van der Waals surface area contributed by atoms with Crippen molar-refractivity contribution in [1.82, 2.24) is 9.88 Å². The standard InChI is InChI=1S/C11H13BrN2O3/c1-11(10(16)17)2-3-14(6-11)9(15)8-4-7(12)5-13-8/h4-5,13H,2-3,6H2,1H3,(H,16,17). The number of aromatic amines is 1. The molecule has 2 heterocycles. The lowest BCUT2D eigenvalue weighted by molar-refractivity contribution is -0.147. The molecule has 17 heavy (non-hydrogen) atoms. The molecule has 1 fully saturated rings. The smallest absolute Gasteiger partial charge is 0.311 e. The lowest BCUT2D eigenvalue weighted by Crippen LogP contribution is -2.35. The highest BCUT2D eigenvalue weighted by Crippen LogP contribution is 2.31. The minimum Gasteiger partial charge on any atom is -0.481 e. The molecule has 0 aliphatic carbocycles. The third-order valence-electron chi connectivity index (χ3n) is 3.16. The normalized spacial score (nSPS) is 24.0. The highest BCUT2D eigenvalue weighted by atomic mass is 79.9. The maximum absolute atomic E-state index is 12.1. The van der Waals surface area contributed by atoms with Crippen LogP contribution in [0, 0.1) is 5.41 Å². The van der Waals surface area contributed by atoms with Crippen LogP contribution in [0.15, 0.2) is 16.7 Å². The summed E-state index contributed by atoms with van der Waals surface area (Å²) in [6, 6.07) is 1.69. The van der Waals surface area contributed by atoms with Gasteiger partial charge in [0.05, 0.1) is 5.41 Å². The van der Waals surface area contributed by atoms with Gasteiger partial charge in [-0.15, -0.1) is 0 Å². The second kappa shape index (κ2) is 4.18. The predicted molar refractivity (Wildman–Crippen MR) is 64.8 cm³/mol. The predicted octanol–water partition coefficient (Wildman–Crippen LogP) is 1.71. The molecule has 1 saturated heterocycles. The van der Waals surface area contributed by atoms with Crippen LogP contribution in [0.3, 0.4) is 0 Å². The van der Waals surface area contributed by atoms with E-state index in [9.17, 15) is 9.59 Å². The van der Waals surface area contributed by atoms with Crippen molar-refractivity contribution in [2.24, 2.45) is 5.41 Å². The molecule has 0 aromatic carbocycles. The molecule has 1 unspecified atom stereocenters. The van der Waals surface area contributed by atoms with Crippen LogP contribution in [0.1, 0.15) is 23.8 Å². The van der Waals surface area contributed by atoms with E-state index in [1.54, 1.807) is 24.1 Å². The SMILES string of the molecule is CC1(C(=O)O)CCN(C(=O)c2cc(Br)c[nH]2)C1. The number of aliphatic carboxylic acids is 1. The summed E-state index contributed by atoms with van der Waals surface area (Å²) in [7, 11) is 0. The highest BCUT2D eigenvalue weighted by Gasteiger charge is 2.42. The van der Waals surface area contributed by atoms with Crippen LogP contribution in [0.2, 0.25) is 0 Å². The molecule has 1 atom stereocenters. The molecule has 1 aromatic rings. The summed E-state index contributed by atoms with van der Waals surface area (Å²) >= 11 is 3.26. The Morgan fingerprint density at radius 3 is 2.76 bits per heavy atom. The van der Waals surface area contributed by atoms with Gasteiger partial charge in [-0.1, -0.05) is 0 Å². The molecule has 1 amide bonds. The second-order valence-corrected chi connectivity index (χ2v) is 5.49. The molecule has 2 rings (SSSR count). The van der Waals surface area contributed by atoms with Crippen LogP contribution in [-0.2, 0) is 4.79 Å². The van der Waals surface area contributed by atoms with Gasteiger partial charge in [0.1, 0.15) is 5.69 Å². The molecular formula is C11H13BrN2O3. The van der Waals surface area contributed by atoms with Gasteiger partial charge in [0, 0.05) is 23.8 Å². The molecule has 1 aliphatic heterocycles. The first-order valence-corrected chi connectivity index (χ1v) is 6.08. The van der Waals surface area contributed by atoms with Crippen LogP contribution in [0.25, 0.3) is 0 Å². The lowest BCUT2D eigenvalue weighted by Gasteiger charge is -2.19. The van der Waals surface area contributed by atoms with Crippen molar-refractivity contribution in [1.29, 1.82) is 0 Å². The van der Waals surface area contributed by atoms with Crippen molar-refractivity contribution in [2.45, 2.75) is 13.3 Å². The Kier molecular flexibility index (Phi) is 2.99. The first kappa shape index (κ1) is 12.2. The van der Waals surface area contributed by atoms with E-state index in [4.69, 9.17) is 5.11 Å². The maximum atomic E-state index is 12.1. The minimum absolute atomic E-state index is 0.152. The number of nitrogens with one attached hydrogen (secondary N) is 1. The van der Waals surface area contributed by atoms with Crippen molar-refractivity contribution < 1.29 is 14.7 Å².